The zero-order valence-corrected chi connectivity index (χ0v) is 12.3. The molecular formula is H25NO15Th. The number of hydrogen-bond acceptors (Lipinski definition) is 2. The Labute approximate surface area is 126 Å². The molecule has 0 aromatic rings. The van der Waals surface area contributed by atoms with Crippen LogP contribution < -0.4 is 0 Å². The first-order valence-corrected chi connectivity index (χ1v) is 0.565. The maximum atomic E-state index is 8.36. The van der Waals surface area contributed by atoms with E-state index in [4.69, 9.17) is 15.3 Å². The van der Waals surface area contributed by atoms with Crippen molar-refractivity contribution in [2.75, 3.05) is 0 Å². The van der Waals surface area contributed by atoms with Gasteiger partial charge in [0.2, 0.25) is 0 Å². The maximum Gasteiger partial charge on any atom is 0.291 e. The predicted octanol–water partition coefficient (Wildman–Crippen LogP) is -10.2. The summed E-state index contributed by atoms with van der Waals surface area (Å²) in [5.74, 6) is 0. The van der Waals surface area contributed by atoms with Gasteiger partial charge in [-0.2, -0.15) is 0 Å². The molecule has 0 aliphatic carbocycles. The normalized spacial score (nSPS) is 1.41. The van der Waals surface area contributed by atoms with E-state index < -0.39 is 5.09 Å². The average Bonchev–Trinajstić information content (AvgIpc) is 0.811. The smallest absolute Gasteiger partial charge is 0.291 e. The monoisotopic (exact) mass is 511 g/mol. The summed E-state index contributed by atoms with van der Waals surface area (Å²) in [7, 11) is 0. The molecule has 0 heterocycles. The molecule has 0 aliphatic heterocycles. The first-order chi connectivity index (χ1) is 1.73. The van der Waals surface area contributed by atoms with Gasteiger partial charge in [0.05, 0.1) is 0 Å². The second-order valence-electron chi connectivity index (χ2n) is 0.238. The van der Waals surface area contributed by atoms with Crippen molar-refractivity contribution in [3.63, 3.8) is 0 Å². The summed E-state index contributed by atoms with van der Waals surface area (Å²) in [5, 5.41) is 13.6. The molecule has 0 bridgehead atoms. The van der Waals surface area contributed by atoms with Gasteiger partial charge < -0.3 is 70.9 Å². The van der Waals surface area contributed by atoms with Crippen molar-refractivity contribution in [3.8, 4) is 0 Å². The fourth-order valence-corrected chi connectivity index (χ4v) is 0. The second kappa shape index (κ2) is 392. The van der Waals surface area contributed by atoms with E-state index in [1.165, 1.54) is 0 Å². The van der Waals surface area contributed by atoms with Crippen molar-refractivity contribution >= 4 is 0 Å². The van der Waals surface area contributed by atoms with Gasteiger partial charge in [-0.25, -0.2) is 0 Å². The molecule has 0 rings (SSSR count). The Kier molecular flexibility index (Phi) is 10900. The number of hydrogen-bond donors (Lipinski definition) is 1. The van der Waals surface area contributed by atoms with Crippen molar-refractivity contribution in [2.45, 2.75) is 0 Å². The molecule has 17 heteroatoms. The van der Waals surface area contributed by atoms with E-state index in [9.17, 15) is 0 Å². The molecule has 25 N–H and O–H groups in total. The van der Waals surface area contributed by atoms with Crippen LogP contribution in [0.2, 0.25) is 0 Å². The Morgan fingerprint density at radius 1 is 0.588 bits per heavy atom. The molecule has 0 saturated carbocycles. The van der Waals surface area contributed by atoms with Crippen molar-refractivity contribution in [2.24, 2.45) is 0 Å². The zero-order chi connectivity index (χ0) is 3.58. The van der Waals surface area contributed by atoms with Crippen molar-refractivity contribution in [1.82, 2.24) is 0 Å². The van der Waals surface area contributed by atoms with Crippen LogP contribution in [0.15, 0.2) is 0 Å². The van der Waals surface area contributed by atoms with Gasteiger partial charge in [0, 0.05) is 39.9 Å². The van der Waals surface area contributed by atoms with Crippen LogP contribution in [0.1, 0.15) is 0 Å². The molecular weight excluding hydrogens is 486 g/mol. The third-order valence-electron chi connectivity index (χ3n) is 0. The summed E-state index contributed by atoms with van der Waals surface area (Å²) in [6.07, 6.45) is 0. The van der Waals surface area contributed by atoms with Gasteiger partial charge >= 0.3 is 0 Å². The third-order valence-corrected chi connectivity index (χ3v) is 0. The standard InChI is InChI=1S/HNO3.12H2O.Th/c2-1(3)4;;;;;;;;;;;;;/h(H,2,3,4);12*1H2;. The van der Waals surface area contributed by atoms with Gasteiger partial charge in [-0.15, -0.1) is 10.1 Å². The van der Waals surface area contributed by atoms with Gasteiger partial charge in [-0.3, -0.25) is 0 Å². The van der Waals surface area contributed by atoms with Gasteiger partial charge in [-0.1, -0.05) is 0 Å². The van der Waals surface area contributed by atoms with Crippen LogP contribution in [0.25, 0.3) is 0 Å². The molecule has 0 spiro atoms. The van der Waals surface area contributed by atoms with E-state index in [1.807, 2.05) is 0 Å². The van der Waals surface area contributed by atoms with E-state index in [0.717, 1.165) is 0 Å². The van der Waals surface area contributed by atoms with Crippen LogP contribution in [0.4, 0.5) is 0 Å². The van der Waals surface area contributed by atoms with Crippen LogP contribution in [-0.2, 0) is 0 Å². The van der Waals surface area contributed by atoms with Crippen molar-refractivity contribution in [3.05, 3.63) is 10.1 Å². The Morgan fingerprint density at radius 2 is 0.588 bits per heavy atom. The molecule has 0 fully saturated rings. The molecule has 0 aromatic carbocycles. The van der Waals surface area contributed by atoms with E-state index >= 15 is 0 Å². The first kappa shape index (κ1) is 473. The molecule has 0 radical (unpaired) electrons. The fraction of sp³-hybridized carbons (Fsp3) is 0. The largest absolute Gasteiger partial charge is 0.412 e. The molecule has 0 saturated heterocycles. The predicted molar refractivity (Wildman–Crippen MR) is 52.1 cm³/mol. The van der Waals surface area contributed by atoms with Gasteiger partial charge in [0.25, 0.3) is 5.09 Å². The molecule has 0 aliphatic rings. The maximum absolute atomic E-state index is 8.36. The quantitative estimate of drug-likeness (QED) is 0.245. The van der Waals surface area contributed by atoms with Crippen LogP contribution >= 0.6 is 0 Å². The van der Waals surface area contributed by atoms with Gasteiger partial charge in [-0.05, 0) is 0 Å². The Morgan fingerprint density at radius 3 is 0.588 bits per heavy atom. The van der Waals surface area contributed by atoms with Crippen LogP contribution in [0.5, 0.6) is 0 Å². The third kappa shape index (κ3) is 1590000. The Bertz CT molecular complexity index is 33.9. The second-order valence-corrected chi connectivity index (χ2v) is 0.238. The number of rotatable bonds is 0. The van der Waals surface area contributed by atoms with Gasteiger partial charge in [0.15, 0.2) is 0 Å². The summed E-state index contributed by atoms with van der Waals surface area (Å²) in [6, 6.07) is 0. The topological polar surface area (TPSA) is 441 Å². The summed E-state index contributed by atoms with van der Waals surface area (Å²) in [5.41, 5.74) is 0. The van der Waals surface area contributed by atoms with Crippen LogP contribution in [0, 0.1) is 50.1 Å². The molecule has 0 atom stereocenters. The SMILES string of the molecule is O.O.O.O.O.O.O.O.O.O.O.O.O=[N+]([O-])O.[Th]. The summed E-state index contributed by atoms with van der Waals surface area (Å²) in [4.78, 5) is 8.36. The van der Waals surface area contributed by atoms with E-state index in [0.29, 0.717) is 0 Å². The molecule has 16 nitrogen and oxygen atoms in total. The van der Waals surface area contributed by atoms with E-state index in [2.05, 4.69) is 0 Å². The molecule has 0 amide bonds. The van der Waals surface area contributed by atoms with Crippen LogP contribution in [-0.4, -0.2) is 76.0 Å². The Hall–Kier alpha value is 0.0447. The fourth-order valence-electron chi connectivity index (χ4n) is 0. The minimum atomic E-state index is -1.50. The average molecular weight is 511 g/mol. The minimum Gasteiger partial charge on any atom is -0.412 e. The summed E-state index contributed by atoms with van der Waals surface area (Å²) in [6.45, 7) is 0. The van der Waals surface area contributed by atoms with Crippen molar-refractivity contribution in [1.29, 1.82) is 0 Å². The number of nitrogens with zero attached hydrogens (tertiary/aromatic N) is 1. The Balaban J connectivity index is -0.000000000577. The van der Waals surface area contributed by atoms with E-state index in [-0.39, 0.29) is 106 Å². The minimum absolute atomic E-state index is 0. The summed E-state index contributed by atoms with van der Waals surface area (Å²) >= 11 is 0. The molecule has 17 heavy (non-hydrogen) atoms. The first-order valence-electron chi connectivity index (χ1n) is 0.565. The van der Waals surface area contributed by atoms with Crippen molar-refractivity contribution < 1.29 is 116 Å². The molecule has 0 unspecified atom stereocenters. The zero-order valence-electron chi connectivity index (χ0n) is 8.21. The molecule has 0 aromatic heterocycles. The van der Waals surface area contributed by atoms with Gasteiger partial charge in [0.1, 0.15) is 0 Å². The summed E-state index contributed by atoms with van der Waals surface area (Å²) < 4.78 is 0. The van der Waals surface area contributed by atoms with E-state index in [1.54, 1.807) is 0 Å². The molecule has 124 valence electrons. The van der Waals surface area contributed by atoms with Crippen LogP contribution in [0.3, 0.4) is 0 Å².